The van der Waals surface area contributed by atoms with Crippen LogP contribution in [0.4, 0.5) is 14.5 Å². The van der Waals surface area contributed by atoms with Crippen LogP contribution in [0, 0.1) is 0 Å². The Kier molecular flexibility index (Phi) is 6.26. The summed E-state index contributed by atoms with van der Waals surface area (Å²) in [7, 11) is 1.87. The van der Waals surface area contributed by atoms with E-state index in [4.69, 9.17) is 0 Å². The zero-order valence-electron chi connectivity index (χ0n) is 13.6. The van der Waals surface area contributed by atoms with Gasteiger partial charge >= 0.3 is 6.61 Å². The molecular formula is C18H20F2N2O2. The molecule has 0 saturated carbocycles. The number of carbonyl (C=O) groups is 1. The van der Waals surface area contributed by atoms with E-state index < -0.39 is 6.61 Å². The lowest BCUT2D eigenvalue weighted by atomic mass is 10.1. The number of hydrogen-bond acceptors (Lipinski definition) is 3. The highest BCUT2D eigenvalue weighted by atomic mass is 19.3. The van der Waals surface area contributed by atoms with Crippen LogP contribution >= 0.6 is 0 Å². The number of anilines is 1. The number of nitrogens with zero attached hydrogens (tertiary/aromatic N) is 1. The molecule has 0 aliphatic rings. The Labute approximate surface area is 140 Å². The molecule has 0 unspecified atom stereocenters. The number of ether oxygens (including phenoxy) is 1. The van der Waals surface area contributed by atoms with Crippen LogP contribution < -0.4 is 10.1 Å². The second-order valence-corrected chi connectivity index (χ2v) is 5.45. The van der Waals surface area contributed by atoms with Crippen molar-refractivity contribution in [1.29, 1.82) is 0 Å². The fourth-order valence-corrected chi connectivity index (χ4v) is 2.27. The molecule has 6 heteroatoms. The average Bonchev–Trinajstić information content (AvgIpc) is 2.56. The molecule has 1 N–H and O–H groups in total. The topological polar surface area (TPSA) is 41.6 Å². The first kappa shape index (κ1) is 17.9. The molecular weight excluding hydrogens is 314 g/mol. The van der Waals surface area contributed by atoms with Gasteiger partial charge in [0.1, 0.15) is 5.75 Å². The summed E-state index contributed by atoms with van der Waals surface area (Å²) in [4.78, 5) is 14.0. The molecule has 0 radical (unpaired) electrons. The Balaban J connectivity index is 1.88. The molecule has 1 atom stereocenters. The molecule has 0 fully saturated rings. The minimum atomic E-state index is -2.86. The van der Waals surface area contributed by atoms with Crippen molar-refractivity contribution in [2.45, 2.75) is 19.6 Å². The maximum Gasteiger partial charge on any atom is 0.387 e. The van der Waals surface area contributed by atoms with Gasteiger partial charge in [0.15, 0.2) is 0 Å². The second-order valence-electron chi connectivity index (χ2n) is 5.45. The molecule has 0 spiro atoms. The minimum Gasteiger partial charge on any atom is -0.435 e. The normalized spacial score (nSPS) is 12.2. The van der Waals surface area contributed by atoms with Crippen LogP contribution in [-0.2, 0) is 4.79 Å². The number of rotatable bonds is 7. The molecule has 0 heterocycles. The molecule has 24 heavy (non-hydrogen) atoms. The van der Waals surface area contributed by atoms with Gasteiger partial charge in [0, 0.05) is 11.7 Å². The van der Waals surface area contributed by atoms with E-state index >= 15 is 0 Å². The third-order valence-electron chi connectivity index (χ3n) is 3.70. The quantitative estimate of drug-likeness (QED) is 0.834. The van der Waals surface area contributed by atoms with Crippen LogP contribution in [0.25, 0.3) is 0 Å². The van der Waals surface area contributed by atoms with Crippen molar-refractivity contribution in [3.63, 3.8) is 0 Å². The van der Waals surface area contributed by atoms with Gasteiger partial charge in [-0.05, 0) is 43.8 Å². The summed E-state index contributed by atoms with van der Waals surface area (Å²) in [5.41, 5.74) is 1.66. The summed E-state index contributed by atoms with van der Waals surface area (Å²) in [5.74, 6) is -0.124. The largest absolute Gasteiger partial charge is 0.435 e. The molecule has 2 aromatic rings. The van der Waals surface area contributed by atoms with Gasteiger partial charge in [-0.3, -0.25) is 9.69 Å². The maximum atomic E-state index is 12.1. The van der Waals surface area contributed by atoms with Crippen LogP contribution in [0.5, 0.6) is 5.75 Å². The summed E-state index contributed by atoms with van der Waals surface area (Å²) in [6.45, 7) is -0.622. The number of amides is 1. The van der Waals surface area contributed by atoms with Crippen LogP contribution in [0.2, 0.25) is 0 Å². The second kappa shape index (κ2) is 8.40. The SMILES string of the molecule is C[C@H](c1ccccc1)N(C)CC(=O)Nc1ccc(OC(F)F)cc1. The summed E-state index contributed by atoms with van der Waals surface area (Å²) in [6.07, 6.45) is 0. The maximum absolute atomic E-state index is 12.1. The monoisotopic (exact) mass is 334 g/mol. The van der Waals surface area contributed by atoms with Crippen molar-refractivity contribution in [2.75, 3.05) is 18.9 Å². The first-order valence-corrected chi connectivity index (χ1v) is 7.55. The van der Waals surface area contributed by atoms with E-state index in [0.717, 1.165) is 5.56 Å². The van der Waals surface area contributed by atoms with Crippen LogP contribution in [0.3, 0.4) is 0 Å². The number of likely N-dealkylation sites (N-methyl/N-ethyl adjacent to an activating group) is 1. The molecule has 0 aliphatic carbocycles. The highest BCUT2D eigenvalue weighted by Crippen LogP contribution is 2.19. The van der Waals surface area contributed by atoms with Gasteiger partial charge < -0.3 is 10.1 Å². The van der Waals surface area contributed by atoms with Gasteiger partial charge in [-0.25, -0.2) is 0 Å². The van der Waals surface area contributed by atoms with Crippen molar-refractivity contribution in [2.24, 2.45) is 0 Å². The van der Waals surface area contributed by atoms with E-state index in [1.807, 2.05) is 49.2 Å². The number of nitrogens with one attached hydrogen (secondary N) is 1. The first-order chi connectivity index (χ1) is 11.5. The van der Waals surface area contributed by atoms with E-state index in [2.05, 4.69) is 10.1 Å². The lowest BCUT2D eigenvalue weighted by molar-refractivity contribution is -0.117. The summed E-state index contributed by atoms with van der Waals surface area (Å²) < 4.78 is 28.5. The van der Waals surface area contributed by atoms with E-state index in [0.29, 0.717) is 5.69 Å². The van der Waals surface area contributed by atoms with Gasteiger partial charge in [-0.2, -0.15) is 8.78 Å². The molecule has 2 rings (SSSR count). The Morgan fingerprint density at radius 2 is 1.75 bits per heavy atom. The lowest BCUT2D eigenvalue weighted by Gasteiger charge is -2.24. The molecule has 128 valence electrons. The predicted molar refractivity (Wildman–Crippen MR) is 89.2 cm³/mol. The number of alkyl halides is 2. The van der Waals surface area contributed by atoms with Crippen LogP contribution in [0.15, 0.2) is 54.6 Å². The summed E-state index contributed by atoms with van der Waals surface area (Å²) in [6, 6.07) is 15.8. The minimum absolute atomic E-state index is 0.0535. The van der Waals surface area contributed by atoms with Gasteiger partial charge in [-0.1, -0.05) is 30.3 Å². The molecule has 0 aromatic heterocycles. The fourth-order valence-electron chi connectivity index (χ4n) is 2.27. The van der Waals surface area contributed by atoms with Gasteiger partial charge in [0.05, 0.1) is 6.54 Å². The van der Waals surface area contributed by atoms with Gasteiger partial charge in [0.25, 0.3) is 0 Å². The van der Waals surface area contributed by atoms with E-state index in [1.54, 1.807) is 0 Å². The van der Waals surface area contributed by atoms with Gasteiger partial charge in [-0.15, -0.1) is 0 Å². The molecule has 2 aromatic carbocycles. The number of carbonyl (C=O) groups excluding carboxylic acids is 1. The predicted octanol–water partition coefficient (Wildman–Crippen LogP) is 3.92. The van der Waals surface area contributed by atoms with Gasteiger partial charge in [0.2, 0.25) is 5.91 Å². The van der Waals surface area contributed by atoms with E-state index in [9.17, 15) is 13.6 Å². The van der Waals surface area contributed by atoms with E-state index in [1.165, 1.54) is 24.3 Å². The van der Waals surface area contributed by atoms with Crippen molar-refractivity contribution >= 4 is 11.6 Å². The third-order valence-corrected chi connectivity index (χ3v) is 3.70. The average molecular weight is 334 g/mol. The highest BCUT2D eigenvalue weighted by molar-refractivity contribution is 5.92. The van der Waals surface area contributed by atoms with Crippen molar-refractivity contribution in [1.82, 2.24) is 4.90 Å². The fraction of sp³-hybridized carbons (Fsp3) is 0.278. The van der Waals surface area contributed by atoms with Crippen molar-refractivity contribution in [3.8, 4) is 5.75 Å². The smallest absolute Gasteiger partial charge is 0.387 e. The Hall–Kier alpha value is -2.47. The van der Waals surface area contributed by atoms with Crippen molar-refractivity contribution < 1.29 is 18.3 Å². The third kappa shape index (κ3) is 5.31. The zero-order valence-corrected chi connectivity index (χ0v) is 13.6. The van der Waals surface area contributed by atoms with E-state index in [-0.39, 0.29) is 24.2 Å². The molecule has 1 amide bonds. The van der Waals surface area contributed by atoms with Crippen molar-refractivity contribution in [3.05, 3.63) is 60.2 Å². The Morgan fingerprint density at radius 3 is 2.33 bits per heavy atom. The lowest BCUT2D eigenvalue weighted by Crippen LogP contribution is -2.32. The Bertz CT molecular complexity index is 648. The molecule has 0 saturated heterocycles. The number of hydrogen-bond donors (Lipinski definition) is 1. The summed E-state index contributed by atoms with van der Waals surface area (Å²) in [5, 5.41) is 2.74. The first-order valence-electron chi connectivity index (χ1n) is 7.55. The van der Waals surface area contributed by atoms with Crippen LogP contribution in [-0.4, -0.2) is 31.0 Å². The standard InChI is InChI=1S/C18H20F2N2O2/c1-13(14-6-4-3-5-7-14)22(2)12-17(23)21-15-8-10-16(11-9-15)24-18(19)20/h3-11,13,18H,12H2,1-2H3,(H,21,23)/t13-/m1/s1. The number of halogens is 2. The molecule has 4 nitrogen and oxygen atoms in total. The molecule has 0 aliphatic heterocycles. The van der Waals surface area contributed by atoms with Crippen LogP contribution in [0.1, 0.15) is 18.5 Å². The molecule has 0 bridgehead atoms. The number of benzene rings is 2. The zero-order chi connectivity index (χ0) is 17.5. The highest BCUT2D eigenvalue weighted by Gasteiger charge is 2.14. The Morgan fingerprint density at radius 1 is 1.12 bits per heavy atom. The summed E-state index contributed by atoms with van der Waals surface area (Å²) >= 11 is 0.